The highest BCUT2D eigenvalue weighted by Gasteiger charge is 2.36. The van der Waals surface area contributed by atoms with Crippen LogP contribution >= 0.6 is 0 Å². The van der Waals surface area contributed by atoms with Crippen LogP contribution in [0.2, 0.25) is 19.6 Å². The van der Waals surface area contributed by atoms with Crippen LogP contribution in [0.5, 0.6) is 0 Å². The summed E-state index contributed by atoms with van der Waals surface area (Å²) in [7, 11) is -1.23. The number of rotatable bonds is 3. The Labute approximate surface area is 81.3 Å². The highest BCUT2D eigenvalue weighted by molar-refractivity contribution is 6.83. The van der Waals surface area contributed by atoms with Gasteiger partial charge in [-0.15, -0.1) is 5.54 Å². The molecule has 0 unspecified atom stereocenters. The molecule has 0 spiro atoms. The molecule has 13 heavy (non-hydrogen) atoms. The van der Waals surface area contributed by atoms with Gasteiger partial charge in [0, 0.05) is 6.61 Å². The number of ether oxygens (including phenoxy) is 1. The molecule has 0 saturated carbocycles. The van der Waals surface area contributed by atoms with Gasteiger partial charge in [0.1, 0.15) is 14.2 Å². The largest absolute Gasteiger partial charge is 0.396 e. The summed E-state index contributed by atoms with van der Waals surface area (Å²) in [5, 5.41) is 8.60. The van der Waals surface area contributed by atoms with Crippen molar-refractivity contribution >= 4 is 8.07 Å². The van der Waals surface area contributed by atoms with Crippen LogP contribution < -0.4 is 0 Å². The minimum absolute atomic E-state index is 0.165. The highest BCUT2D eigenvalue weighted by atomic mass is 28.3. The SMILES string of the molecule is C[Si](C)(C)C#C[C@H]1O[C@@H]1CCCO. The molecule has 0 radical (unpaired) electrons. The first-order chi connectivity index (χ1) is 6.03. The average Bonchev–Trinajstić information content (AvgIpc) is 2.75. The molecule has 0 aromatic heterocycles. The van der Waals surface area contributed by atoms with E-state index < -0.39 is 8.07 Å². The second-order valence-corrected chi connectivity index (χ2v) is 9.23. The van der Waals surface area contributed by atoms with Gasteiger partial charge >= 0.3 is 0 Å². The molecule has 3 heteroatoms. The molecule has 1 aliphatic heterocycles. The van der Waals surface area contributed by atoms with Crippen molar-refractivity contribution in [2.24, 2.45) is 0 Å². The summed E-state index contributed by atoms with van der Waals surface area (Å²) >= 11 is 0. The van der Waals surface area contributed by atoms with E-state index in [1.807, 2.05) is 0 Å². The predicted octanol–water partition coefficient (Wildman–Crippen LogP) is 1.41. The normalized spacial score (nSPS) is 26.5. The quantitative estimate of drug-likeness (QED) is 0.422. The summed E-state index contributed by atoms with van der Waals surface area (Å²) in [4.78, 5) is 0. The van der Waals surface area contributed by atoms with Crippen LogP contribution in [0, 0.1) is 11.5 Å². The van der Waals surface area contributed by atoms with E-state index in [-0.39, 0.29) is 12.7 Å². The first-order valence-corrected chi connectivity index (χ1v) is 8.32. The van der Waals surface area contributed by atoms with E-state index in [0.717, 1.165) is 12.8 Å². The van der Waals surface area contributed by atoms with E-state index in [2.05, 4.69) is 31.1 Å². The summed E-state index contributed by atoms with van der Waals surface area (Å²) in [5.74, 6) is 3.16. The van der Waals surface area contributed by atoms with Gasteiger partial charge < -0.3 is 9.84 Å². The molecule has 1 rings (SSSR count). The molecule has 74 valence electrons. The molecule has 0 aliphatic carbocycles. The van der Waals surface area contributed by atoms with Gasteiger partial charge in [0.05, 0.1) is 6.10 Å². The molecule has 1 saturated heterocycles. The summed E-state index contributed by atoms with van der Waals surface area (Å²) in [6.45, 7) is 6.94. The Hall–Kier alpha value is -0.303. The van der Waals surface area contributed by atoms with Crippen LogP contribution in [0.25, 0.3) is 0 Å². The monoisotopic (exact) mass is 198 g/mol. The maximum atomic E-state index is 8.60. The smallest absolute Gasteiger partial charge is 0.144 e. The first kappa shape index (κ1) is 10.8. The van der Waals surface area contributed by atoms with Crippen molar-refractivity contribution in [3.8, 4) is 11.5 Å². The van der Waals surface area contributed by atoms with E-state index in [1.165, 1.54) is 0 Å². The zero-order valence-electron chi connectivity index (χ0n) is 8.63. The summed E-state index contributed by atoms with van der Waals surface area (Å²) in [6.07, 6.45) is 2.24. The average molecular weight is 198 g/mol. The van der Waals surface area contributed by atoms with Crippen molar-refractivity contribution in [3.05, 3.63) is 0 Å². The van der Waals surface area contributed by atoms with E-state index in [4.69, 9.17) is 9.84 Å². The third-order valence-corrected chi connectivity index (χ3v) is 2.71. The number of aliphatic hydroxyl groups is 1. The van der Waals surface area contributed by atoms with Crippen molar-refractivity contribution in [1.29, 1.82) is 0 Å². The molecule has 1 fully saturated rings. The van der Waals surface area contributed by atoms with Crippen LogP contribution in [0.15, 0.2) is 0 Å². The van der Waals surface area contributed by atoms with Gasteiger partial charge in [-0.2, -0.15) is 0 Å². The van der Waals surface area contributed by atoms with Crippen molar-refractivity contribution in [3.63, 3.8) is 0 Å². The Morgan fingerprint density at radius 1 is 1.38 bits per heavy atom. The highest BCUT2D eigenvalue weighted by Crippen LogP contribution is 2.25. The minimum Gasteiger partial charge on any atom is -0.396 e. The van der Waals surface area contributed by atoms with Crippen LogP contribution in [0.4, 0.5) is 0 Å². The molecule has 1 N–H and O–H groups in total. The molecular weight excluding hydrogens is 180 g/mol. The van der Waals surface area contributed by atoms with Crippen LogP contribution in [0.1, 0.15) is 12.8 Å². The fourth-order valence-corrected chi connectivity index (χ4v) is 1.64. The Bertz CT molecular complexity index is 221. The van der Waals surface area contributed by atoms with Crippen LogP contribution in [-0.4, -0.2) is 32.0 Å². The lowest BCUT2D eigenvalue weighted by Gasteiger charge is -2.02. The lowest BCUT2D eigenvalue weighted by atomic mass is 10.2. The Balaban J connectivity index is 2.23. The predicted molar refractivity (Wildman–Crippen MR) is 56.1 cm³/mol. The third-order valence-electron chi connectivity index (χ3n) is 1.82. The number of aliphatic hydroxyl groups excluding tert-OH is 1. The summed E-state index contributed by atoms with van der Waals surface area (Å²) < 4.78 is 5.35. The molecule has 0 aromatic rings. The summed E-state index contributed by atoms with van der Waals surface area (Å²) in [5.41, 5.74) is 3.29. The first-order valence-electron chi connectivity index (χ1n) is 4.82. The lowest BCUT2D eigenvalue weighted by Crippen LogP contribution is -2.16. The molecular formula is C10H18O2Si. The van der Waals surface area contributed by atoms with E-state index in [0.29, 0.717) is 6.10 Å². The van der Waals surface area contributed by atoms with Gasteiger partial charge in [0.2, 0.25) is 0 Å². The molecule has 1 aliphatic rings. The fraction of sp³-hybridized carbons (Fsp3) is 0.800. The van der Waals surface area contributed by atoms with Crippen LogP contribution in [-0.2, 0) is 4.74 Å². The lowest BCUT2D eigenvalue weighted by molar-refractivity contribution is 0.273. The van der Waals surface area contributed by atoms with E-state index in [1.54, 1.807) is 0 Å². The molecule has 0 bridgehead atoms. The number of hydrogen-bond acceptors (Lipinski definition) is 2. The molecule has 2 nitrogen and oxygen atoms in total. The third kappa shape index (κ3) is 4.46. The Morgan fingerprint density at radius 3 is 2.62 bits per heavy atom. The topological polar surface area (TPSA) is 32.8 Å². The van der Waals surface area contributed by atoms with Crippen molar-refractivity contribution in [2.45, 2.75) is 44.7 Å². The maximum absolute atomic E-state index is 8.60. The standard InChI is InChI=1S/C10H18O2Si/c1-13(2,3)8-6-10-9(12-10)5-4-7-11/h9-11H,4-5,7H2,1-3H3/t9-,10-/m1/s1. The van der Waals surface area contributed by atoms with Crippen molar-refractivity contribution in [1.82, 2.24) is 0 Å². The van der Waals surface area contributed by atoms with Gasteiger partial charge in [-0.1, -0.05) is 25.6 Å². The minimum atomic E-state index is -1.23. The molecule has 0 aromatic carbocycles. The number of hydrogen-bond donors (Lipinski definition) is 1. The molecule has 1 heterocycles. The fourth-order valence-electron chi connectivity index (χ4n) is 1.07. The Morgan fingerprint density at radius 2 is 2.08 bits per heavy atom. The van der Waals surface area contributed by atoms with E-state index in [9.17, 15) is 0 Å². The second kappa shape index (κ2) is 4.27. The van der Waals surface area contributed by atoms with Gasteiger partial charge in [-0.3, -0.25) is 0 Å². The van der Waals surface area contributed by atoms with Gasteiger partial charge in [-0.25, -0.2) is 0 Å². The summed E-state index contributed by atoms with van der Waals surface area (Å²) in [6, 6.07) is 0. The van der Waals surface area contributed by atoms with Gasteiger partial charge in [-0.05, 0) is 12.8 Å². The van der Waals surface area contributed by atoms with E-state index >= 15 is 0 Å². The van der Waals surface area contributed by atoms with Gasteiger partial charge in [0.25, 0.3) is 0 Å². The second-order valence-electron chi connectivity index (χ2n) is 4.48. The molecule has 2 atom stereocenters. The maximum Gasteiger partial charge on any atom is 0.144 e. The van der Waals surface area contributed by atoms with Crippen molar-refractivity contribution in [2.75, 3.05) is 6.61 Å². The number of epoxide rings is 1. The van der Waals surface area contributed by atoms with Crippen LogP contribution in [0.3, 0.4) is 0 Å². The van der Waals surface area contributed by atoms with Crippen molar-refractivity contribution < 1.29 is 9.84 Å². The van der Waals surface area contributed by atoms with Gasteiger partial charge in [0.15, 0.2) is 0 Å². The Kier molecular flexibility index (Phi) is 3.54. The molecule has 0 amide bonds. The zero-order valence-corrected chi connectivity index (χ0v) is 9.63. The zero-order chi connectivity index (χ0) is 9.90.